The Kier molecular flexibility index (Phi) is 4.46. The van der Waals surface area contributed by atoms with Crippen LogP contribution in [0.1, 0.15) is 6.42 Å². The second kappa shape index (κ2) is 6.29. The number of nitrogens with one attached hydrogen (secondary N) is 1. The molecule has 0 spiro atoms. The first-order valence-electron chi connectivity index (χ1n) is 5.79. The molecule has 0 aliphatic carbocycles. The molecule has 20 heavy (non-hydrogen) atoms. The van der Waals surface area contributed by atoms with Crippen LogP contribution in [0.15, 0.2) is 40.0 Å². The van der Waals surface area contributed by atoms with E-state index in [9.17, 15) is 9.59 Å². The summed E-state index contributed by atoms with van der Waals surface area (Å²) in [5.41, 5.74) is 6.11. The molecule has 104 valence electrons. The largest absolute Gasteiger partial charge is 0.396 e. The number of nitrogen functional groups attached to an aromatic ring is 1. The Balaban J connectivity index is 1.97. The highest BCUT2D eigenvalue weighted by atomic mass is 79.9. The summed E-state index contributed by atoms with van der Waals surface area (Å²) >= 11 is 3.08. The number of aromatic nitrogens is 3. The van der Waals surface area contributed by atoms with Gasteiger partial charge in [0.15, 0.2) is 0 Å². The molecule has 0 saturated carbocycles. The zero-order chi connectivity index (χ0) is 14.5. The van der Waals surface area contributed by atoms with Gasteiger partial charge in [-0.2, -0.15) is 5.10 Å². The average molecular weight is 338 g/mol. The van der Waals surface area contributed by atoms with Crippen LogP contribution in [0.4, 0.5) is 11.4 Å². The van der Waals surface area contributed by atoms with E-state index in [1.807, 2.05) is 0 Å². The molecule has 0 fully saturated rings. The van der Waals surface area contributed by atoms with Gasteiger partial charge in [-0.15, -0.1) is 0 Å². The predicted octanol–water partition coefficient (Wildman–Crippen LogP) is 1.01. The van der Waals surface area contributed by atoms with E-state index in [1.165, 1.54) is 10.9 Å². The molecule has 2 aromatic heterocycles. The number of rotatable bonds is 4. The number of carbonyl (C=O) groups is 1. The molecule has 0 aromatic carbocycles. The van der Waals surface area contributed by atoms with Crippen molar-refractivity contribution in [2.24, 2.45) is 0 Å². The number of anilines is 2. The normalized spacial score (nSPS) is 10.2. The number of nitrogens with two attached hydrogens (primary N) is 1. The highest BCUT2D eigenvalue weighted by Gasteiger charge is 2.08. The van der Waals surface area contributed by atoms with Crippen molar-refractivity contribution in [1.29, 1.82) is 0 Å². The third-order valence-corrected chi connectivity index (χ3v) is 3.32. The summed E-state index contributed by atoms with van der Waals surface area (Å²) in [4.78, 5) is 27.4. The maximum atomic E-state index is 11.8. The zero-order valence-electron chi connectivity index (χ0n) is 10.4. The third kappa shape index (κ3) is 3.41. The Morgan fingerprint density at radius 3 is 2.80 bits per heavy atom. The van der Waals surface area contributed by atoms with Crippen LogP contribution < -0.4 is 16.6 Å². The lowest BCUT2D eigenvalue weighted by Crippen LogP contribution is -2.26. The molecule has 8 heteroatoms. The molecule has 2 rings (SSSR count). The van der Waals surface area contributed by atoms with Crippen LogP contribution in [0.25, 0.3) is 0 Å². The number of halogens is 1. The topological polar surface area (TPSA) is 103 Å². The van der Waals surface area contributed by atoms with Crippen molar-refractivity contribution in [2.45, 2.75) is 13.0 Å². The number of carbonyl (C=O) groups excluding carboxylic acids is 1. The highest BCUT2D eigenvalue weighted by molar-refractivity contribution is 9.10. The predicted molar refractivity (Wildman–Crippen MR) is 78.1 cm³/mol. The smallest absolute Gasteiger partial charge is 0.283 e. The summed E-state index contributed by atoms with van der Waals surface area (Å²) in [7, 11) is 0. The number of hydrogen-bond acceptors (Lipinski definition) is 5. The van der Waals surface area contributed by atoms with Crippen LogP contribution in [0.5, 0.6) is 0 Å². The molecule has 2 heterocycles. The van der Waals surface area contributed by atoms with Crippen LogP contribution in [0.2, 0.25) is 0 Å². The minimum Gasteiger partial charge on any atom is -0.396 e. The fourth-order valence-electron chi connectivity index (χ4n) is 1.50. The van der Waals surface area contributed by atoms with Gasteiger partial charge < -0.3 is 11.1 Å². The molecule has 0 unspecified atom stereocenters. The quantitative estimate of drug-likeness (QED) is 0.866. The lowest BCUT2D eigenvalue weighted by Gasteiger charge is -2.07. The first-order valence-corrected chi connectivity index (χ1v) is 6.58. The van der Waals surface area contributed by atoms with Crippen LogP contribution >= 0.6 is 15.9 Å². The average Bonchev–Trinajstić information content (AvgIpc) is 2.45. The molecule has 0 bridgehead atoms. The second-order valence-corrected chi connectivity index (χ2v) is 4.77. The molecule has 2 aromatic rings. The summed E-state index contributed by atoms with van der Waals surface area (Å²) in [6.45, 7) is 0.175. The van der Waals surface area contributed by atoms with Gasteiger partial charge in [0, 0.05) is 24.5 Å². The number of pyridine rings is 1. The molecular weight excluding hydrogens is 326 g/mol. The van der Waals surface area contributed by atoms with Gasteiger partial charge in [0.25, 0.3) is 5.56 Å². The van der Waals surface area contributed by atoms with Crippen molar-refractivity contribution >= 4 is 33.2 Å². The van der Waals surface area contributed by atoms with Gasteiger partial charge in [-0.1, -0.05) is 0 Å². The van der Waals surface area contributed by atoms with Crippen molar-refractivity contribution in [1.82, 2.24) is 14.8 Å². The summed E-state index contributed by atoms with van der Waals surface area (Å²) in [5, 5.41) is 6.58. The summed E-state index contributed by atoms with van der Waals surface area (Å²) in [6.07, 6.45) is 4.66. The van der Waals surface area contributed by atoms with Crippen LogP contribution in [0, 0.1) is 0 Å². The Labute approximate surface area is 123 Å². The number of nitrogens with zero attached hydrogens (tertiary/aromatic N) is 3. The summed E-state index contributed by atoms with van der Waals surface area (Å²) < 4.78 is 1.44. The lowest BCUT2D eigenvalue weighted by molar-refractivity contribution is -0.116. The van der Waals surface area contributed by atoms with Crippen LogP contribution in [-0.2, 0) is 11.3 Å². The van der Waals surface area contributed by atoms with Crippen molar-refractivity contribution in [2.75, 3.05) is 11.1 Å². The highest BCUT2D eigenvalue weighted by Crippen LogP contribution is 2.11. The molecule has 0 atom stereocenters. The van der Waals surface area contributed by atoms with E-state index in [4.69, 9.17) is 5.73 Å². The van der Waals surface area contributed by atoms with Gasteiger partial charge >= 0.3 is 0 Å². The Bertz CT molecular complexity index is 671. The van der Waals surface area contributed by atoms with E-state index < -0.39 is 0 Å². The molecule has 3 N–H and O–H groups in total. The summed E-state index contributed by atoms with van der Waals surface area (Å²) in [5.74, 6) is -0.210. The Hall–Kier alpha value is -2.22. The Morgan fingerprint density at radius 1 is 1.40 bits per heavy atom. The molecule has 1 amide bonds. The van der Waals surface area contributed by atoms with Crippen molar-refractivity contribution < 1.29 is 4.79 Å². The van der Waals surface area contributed by atoms with Crippen molar-refractivity contribution in [3.8, 4) is 0 Å². The minimum atomic E-state index is -0.360. The number of amides is 1. The van der Waals surface area contributed by atoms with Crippen molar-refractivity contribution in [3.05, 3.63) is 45.5 Å². The second-order valence-electron chi connectivity index (χ2n) is 3.98. The fraction of sp³-hybridized carbons (Fsp3) is 0.167. The van der Waals surface area contributed by atoms with Crippen LogP contribution in [0.3, 0.4) is 0 Å². The lowest BCUT2D eigenvalue weighted by atomic mass is 10.3. The molecule has 0 saturated heterocycles. The number of aryl methyl sites for hydroxylation is 1. The first kappa shape index (κ1) is 14.2. The van der Waals surface area contributed by atoms with E-state index in [-0.39, 0.29) is 34.6 Å². The molecule has 7 nitrogen and oxygen atoms in total. The van der Waals surface area contributed by atoms with Gasteiger partial charge in [-0.05, 0) is 28.1 Å². The molecule has 0 radical (unpaired) electrons. The van der Waals surface area contributed by atoms with Gasteiger partial charge in [0.2, 0.25) is 5.91 Å². The van der Waals surface area contributed by atoms with E-state index in [1.54, 1.807) is 24.5 Å². The minimum absolute atomic E-state index is 0.131. The van der Waals surface area contributed by atoms with Gasteiger partial charge in [0.05, 0.1) is 18.4 Å². The van der Waals surface area contributed by atoms with Gasteiger partial charge in [-0.25, -0.2) is 4.68 Å². The van der Waals surface area contributed by atoms with Crippen LogP contribution in [-0.4, -0.2) is 20.7 Å². The zero-order valence-corrected chi connectivity index (χ0v) is 12.0. The SMILES string of the molecule is Nc1cnn(CCC(=O)Nc2ccncc2)c(=O)c1Br. The van der Waals surface area contributed by atoms with Crippen molar-refractivity contribution in [3.63, 3.8) is 0 Å². The van der Waals surface area contributed by atoms with E-state index in [2.05, 4.69) is 31.3 Å². The Morgan fingerprint density at radius 2 is 2.10 bits per heavy atom. The standard InChI is InChI=1S/C12H12BrN5O2/c13-11-9(14)7-16-18(12(11)20)6-3-10(19)17-8-1-4-15-5-2-8/h1-2,4-5,7H,3,6,14H2,(H,15,17,19). The first-order chi connectivity index (χ1) is 9.58. The van der Waals surface area contributed by atoms with E-state index in [0.717, 1.165) is 0 Å². The third-order valence-electron chi connectivity index (χ3n) is 2.53. The number of hydrogen-bond donors (Lipinski definition) is 2. The summed E-state index contributed by atoms with van der Waals surface area (Å²) in [6, 6.07) is 3.37. The van der Waals surface area contributed by atoms with Gasteiger partial charge in [0.1, 0.15) is 4.47 Å². The fourth-order valence-corrected chi connectivity index (χ4v) is 1.81. The van der Waals surface area contributed by atoms with E-state index in [0.29, 0.717) is 5.69 Å². The van der Waals surface area contributed by atoms with E-state index >= 15 is 0 Å². The molecule has 0 aliphatic heterocycles. The maximum absolute atomic E-state index is 11.8. The monoisotopic (exact) mass is 337 g/mol. The molecular formula is C12H12BrN5O2. The molecule has 0 aliphatic rings. The maximum Gasteiger partial charge on any atom is 0.283 e. The van der Waals surface area contributed by atoms with Gasteiger partial charge in [-0.3, -0.25) is 14.6 Å².